The van der Waals surface area contributed by atoms with Crippen LogP contribution in [0.2, 0.25) is 0 Å². The molecule has 3 aromatic carbocycles. The van der Waals surface area contributed by atoms with Crippen molar-refractivity contribution in [3.05, 3.63) is 100 Å². The van der Waals surface area contributed by atoms with Crippen LogP contribution in [0.25, 0.3) is 0 Å². The first-order valence-corrected chi connectivity index (χ1v) is 16.6. The molecule has 0 aliphatic heterocycles. The number of amides is 2. The van der Waals surface area contributed by atoms with Crippen LogP contribution in [0.15, 0.2) is 83.3 Å². The Labute approximate surface area is 265 Å². The Morgan fingerprint density at radius 1 is 0.909 bits per heavy atom. The minimum atomic E-state index is -4.65. The van der Waals surface area contributed by atoms with Gasteiger partial charge in [0.2, 0.25) is 21.8 Å². The van der Waals surface area contributed by atoms with Crippen LogP contribution >= 0.6 is 15.9 Å². The lowest BCUT2D eigenvalue weighted by atomic mass is 10.00. The zero-order chi connectivity index (χ0) is 32.7. The molecule has 0 spiro atoms. The summed E-state index contributed by atoms with van der Waals surface area (Å²) in [6.07, 6.45) is -3.63. The van der Waals surface area contributed by atoms with Crippen LogP contribution in [-0.2, 0) is 38.8 Å². The quantitative estimate of drug-likeness (QED) is 0.232. The van der Waals surface area contributed by atoms with Gasteiger partial charge in [-0.1, -0.05) is 64.5 Å². The fraction of sp³-hybridized carbons (Fsp3) is 0.375. The maximum atomic E-state index is 13.9. The minimum Gasteiger partial charge on any atom is -0.350 e. The Bertz CT molecular complexity index is 1530. The molecular weight excluding hydrogens is 659 g/mol. The molecule has 7 nitrogen and oxygen atoms in total. The Morgan fingerprint density at radius 2 is 1.55 bits per heavy atom. The third kappa shape index (κ3) is 10.7. The number of sulfonamides is 1. The van der Waals surface area contributed by atoms with Gasteiger partial charge in [0, 0.05) is 35.9 Å². The van der Waals surface area contributed by atoms with E-state index in [1.807, 2.05) is 75.4 Å². The topological polar surface area (TPSA) is 86.8 Å². The molecule has 0 aliphatic rings. The van der Waals surface area contributed by atoms with Gasteiger partial charge in [-0.25, -0.2) is 8.42 Å². The predicted molar refractivity (Wildman–Crippen MR) is 169 cm³/mol. The lowest BCUT2D eigenvalue weighted by molar-refractivity contribution is -0.142. The summed E-state index contributed by atoms with van der Waals surface area (Å²) in [5.41, 5.74) is -0.0610. The molecule has 3 rings (SSSR count). The Balaban J connectivity index is 1.91. The Kier molecular flexibility index (Phi) is 11.6. The van der Waals surface area contributed by atoms with E-state index in [0.717, 1.165) is 44.4 Å². The number of alkyl halides is 3. The number of hydrogen-bond acceptors (Lipinski definition) is 4. The van der Waals surface area contributed by atoms with Gasteiger partial charge in [0.1, 0.15) is 6.04 Å². The molecule has 1 N–H and O–H groups in total. The van der Waals surface area contributed by atoms with E-state index in [2.05, 4.69) is 21.2 Å². The SMILES string of the molecule is CC(C)(C)NC(=O)[C@H](Cc1ccccc1)N(Cc1ccc(Br)cc1)C(=O)CCCN(c1cccc(C(F)(F)F)c1)S(C)(=O)=O. The number of carbonyl (C=O) groups excluding carboxylic acids is 2. The standard InChI is InChI=1S/C32H37BrF3N3O4S/c1-31(2,3)37-30(41)28(20-23-10-6-5-7-11-23)38(22-24-15-17-26(33)18-16-24)29(40)14-9-19-39(44(4,42)43)27-13-8-12-25(21-27)32(34,35)36/h5-8,10-13,15-18,21,28H,9,14,19-20,22H2,1-4H3,(H,37,41)/t28-/m0/s1. The number of anilines is 1. The Morgan fingerprint density at radius 3 is 2.11 bits per heavy atom. The van der Waals surface area contributed by atoms with Crippen molar-refractivity contribution in [2.45, 2.75) is 64.3 Å². The predicted octanol–water partition coefficient (Wildman–Crippen LogP) is 6.57. The van der Waals surface area contributed by atoms with E-state index in [1.54, 1.807) is 0 Å². The third-order valence-electron chi connectivity index (χ3n) is 6.65. The van der Waals surface area contributed by atoms with Crippen molar-refractivity contribution < 1.29 is 31.2 Å². The summed E-state index contributed by atoms with van der Waals surface area (Å²) >= 11 is 3.41. The van der Waals surface area contributed by atoms with Crippen molar-refractivity contribution in [3.63, 3.8) is 0 Å². The van der Waals surface area contributed by atoms with Crippen LogP contribution in [0.1, 0.15) is 50.3 Å². The van der Waals surface area contributed by atoms with Crippen molar-refractivity contribution in [2.75, 3.05) is 17.1 Å². The van der Waals surface area contributed by atoms with Gasteiger partial charge in [0.05, 0.1) is 17.5 Å². The fourth-order valence-corrected chi connectivity index (χ4v) is 5.86. The largest absolute Gasteiger partial charge is 0.416 e. The highest BCUT2D eigenvalue weighted by Crippen LogP contribution is 2.32. The summed E-state index contributed by atoms with van der Waals surface area (Å²) in [5.74, 6) is -0.732. The summed E-state index contributed by atoms with van der Waals surface area (Å²) in [6.45, 7) is 5.43. The average Bonchev–Trinajstić information content (AvgIpc) is 2.92. The van der Waals surface area contributed by atoms with Gasteiger partial charge in [-0.15, -0.1) is 0 Å². The summed E-state index contributed by atoms with van der Waals surface area (Å²) < 4.78 is 66.9. The van der Waals surface area contributed by atoms with Crippen molar-refractivity contribution >= 4 is 43.5 Å². The highest BCUT2D eigenvalue weighted by Gasteiger charge is 2.33. The van der Waals surface area contributed by atoms with Gasteiger partial charge >= 0.3 is 6.18 Å². The molecule has 0 saturated heterocycles. The molecule has 0 heterocycles. The molecule has 1 atom stereocenters. The molecule has 2 amide bonds. The van der Waals surface area contributed by atoms with Gasteiger partial charge in [-0.2, -0.15) is 13.2 Å². The van der Waals surface area contributed by atoms with Crippen LogP contribution in [0, 0.1) is 0 Å². The zero-order valence-electron chi connectivity index (χ0n) is 25.1. The summed E-state index contributed by atoms with van der Waals surface area (Å²) in [4.78, 5) is 29.1. The molecular formula is C32H37BrF3N3O4S. The van der Waals surface area contributed by atoms with E-state index in [4.69, 9.17) is 0 Å². The molecule has 0 unspecified atom stereocenters. The van der Waals surface area contributed by atoms with Crippen LogP contribution in [0.5, 0.6) is 0 Å². The molecule has 3 aromatic rings. The number of rotatable bonds is 12. The minimum absolute atomic E-state index is 0.0118. The van der Waals surface area contributed by atoms with Crippen LogP contribution < -0.4 is 9.62 Å². The number of halogens is 4. The first kappa shape index (κ1) is 35.1. The summed E-state index contributed by atoms with van der Waals surface area (Å²) in [6, 6.07) is 19.8. The number of benzene rings is 3. The van der Waals surface area contributed by atoms with Crippen LogP contribution in [0.3, 0.4) is 0 Å². The van der Waals surface area contributed by atoms with E-state index in [1.165, 1.54) is 11.0 Å². The second-order valence-corrected chi connectivity index (χ2v) is 14.4. The van der Waals surface area contributed by atoms with Gasteiger partial charge in [-0.05, 0) is 68.7 Å². The molecule has 0 bridgehead atoms. The smallest absolute Gasteiger partial charge is 0.350 e. The van der Waals surface area contributed by atoms with E-state index in [9.17, 15) is 31.2 Å². The van der Waals surface area contributed by atoms with E-state index < -0.39 is 39.3 Å². The second-order valence-electron chi connectivity index (χ2n) is 11.6. The summed E-state index contributed by atoms with van der Waals surface area (Å²) in [5, 5.41) is 2.98. The highest BCUT2D eigenvalue weighted by molar-refractivity contribution is 9.10. The van der Waals surface area contributed by atoms with Crippen molar-refractivity contribution in [1.82, 2.24) is 10.2 Å². The lowest BCUT2D eigenvalue weighted by Gasteiger charge is -2.34. The molecule has 0 aromatic heterocycles. The molecule has 44 heavy (non-hydrogen) atoms. The van der Waals surface area contributed by atoms with Gasteiger partial charge in [0.15, 0.2) is 0 Å². The number of nitrogens with one attached hydrogen (secondary N) is 1. The molecule has 0 aliphatic carbocycles. The van der Waals surface area contributed by atoms with Gasteiger partial charge in [-0.3, -0.25) is 13.9 Å². The number of nitrogens with zero attached hydrogens (tertiary/aromatic N) is 2. The van der Waals surface area contributed by atoms with Crippen LogP contribution in [-0.4, -0.2) is 49.5 Å². The van der Waals surface area contributed by atoms with Gasteiger partial charge < -0.3 is 10.2 Å². The van der Waals surface area contributed by atoms with Gasteiger partial charge in [0.25, 0.3) is 0 Å². The normalized spacial score (nSPS) is 12.8. The second kappa shape index (κ2) is 14.6. The molecule has 12 heteroatoms. The molecule has 0 saturated carbocycles. The highest BCUT2D eigenvalue weighted by atomic mass is 79.9. The van der Waals surface area contributed by atoms with Crippen LogP contribution in [0.4, 0.5) is 18.9 Å². The maximum Gasteiger partial charge on any atom is 0.416 e. The first-order valence-electron chi connectivity index (χ1n) is 14.0. The summed E-state index contributed by atoms with van der Waals surface area (Å²) in [7, 11) is -3.97. The van der Waals surface area contributed by atoms with Crippen molar-refractivity contribution in [3.8, 4) is 0 Å². The number of hydrogen-bond donors (Lipinski definition) is 1. The first-order chi connectivity index (χ1) is 20.4. The Hall–Kier alpha value is -3.38. The molecule has 238 valence electrons. The molecule has 0 radical (unpaired) electrons. The van der Waals surface area contributed by atoms with E-state index in [0.29, 0.717) is 0 Å². The number of carbonyl (C=O) groups is 2. The average molecular weight is 697 g/mol. The fourth-order valence-electron chi connectivity index (χ4n) is 4.63. The molecule has 0 fully saturated rings. The maximum absolute atomic E-state index is 13.9. The lowest BCUT2D eigenvalue weighted by Crippen LogP contribution is -2.54. The van der Waals surface area contributed by atoms with E-state index in [-0.39, 0.29) is 43.9 Å². The van der Waals surface area contributed by atoms with Crippen molar-refractivity contribution in [2.24, 2.45) is 0 Å². The zero-order valence-corrected chi connectivity index (χ0v) is 27.5. The monoisotopic (exact) mass is 695 g/mol. The van der Waals surface area contributed by atoms with Crippen molar-refractivity contribution in [1.29, 1.82) is 0 Å². The van der Waals surface area contributed by atoms with E-state index >= 15 is 0 Å². The third-order valence-corrected chi connectivity index (χ3v) is 8.37.